The summed E-state index contributed by atoms with van der Waals surface area (Å²) in [5.74, 6) is 0.599. The zero-order valence-electron chi connectivity index (χ0n) is 17.8. The SMILES string of the molecule is COc1ccc([C@@H]2C(C#N)=C(N)N(c3ccc(Cl)cc3)C3=C2C(=O)CC(C)(C)C3)cc1. The minimum absolute atomic E-state index is 0.0475. The third-order valence-corrected chi connectivity index (χ3v) is 6.17. The summed E-state index contributed by atoms with van der Waals surface area (Å²) in [6.45, 7) is 4.16. The number of benzene rings is 2. The Morgan fingerprint density at radius 3 is 2.35 bits per heavy atom. The molecule has 1 heterocycles. The van der Waals surface area contributed by atoms with Crippen LogP contribution in [0.1, 0.15) is 38.2 Å². The monoisotopic (exact) mass is 433 g/mol. The van der Waals surface area contributed by atoms with Crippen LogP contribution in [0.5, 0.6) is 5.75 Å². The second-order valence-electron chi connectivity index (χ2n) is 8.73. The van der Waals surface area contributed by atoms with Gasteiger partial charge in [0, 0.05) is 28.4 Å². The van der Waals surface area contributed by atoms with Crippen LogP contribution in [0.4, 0.5) is 5.69 Å². The lowest BCUT2D eigenvalue weighted by Gasteiger charge is -2.43. The number of nitrogens with zero attached hydrogens (tertiary/aromatic N) is 2. The van der Waals surface area contributed by atoms with Gasteiger partial charge in [-0.2, -0.15) is 5.26 Å². The maximum Gasteiger partial charge on any atom is 0.162 e. The predicted octanol–water partition coefficient (Wildman–Crippen LogP) is 5.29. The van der Waals surface area contributed by atoms with Crippen LogP contribution in [0.25, 0.3) is 0 Å². The van der Waals surface area contributed by atoms with E-state index in [4.69, 9.17) is 22.1 Å². The Hall–Kier alpha value is -3.23. The molecule has 0 spiro atoms. The topological polar surface area (TPSA) is 79.3 Å². The van der Waals surface area contributed by atoms with Crippen LogP contribution >= 0.6 is 11.6 Å². The van der Waals surface area contributed by atoms with E-state index in [1.807, 2.05) is 41.3 Å². The van der Waals surface area contributed by atoms with Gasteiger partial charge in [0.05, 0.1) is 24.7 Å². The summed E-state index contributed by atoms with van der Waals surface area (Å²) in [5.41, 5.74) is 9.88. The molecule has 0 aromatic heterocycles. The van der Waals surface area contributed by atoms with Gasteiger partial charge in [-0.05, 0) is 53.8 Å². The van der Waals surface area contributed by atoms with Gasteiger partial charge in [-0.1, -0.05) is 37.6 Å². The minimum Gasteiger partial charge on any atom is -0.497 e. The molecule has 5 nitrogen and oxygen atoms in total. The lowest BCUT2D eigenvalue weighted by molar-refractivity contribution is -0.118. The van der Waals surface area contributed by atoms with Crippen molar-refractivity contribution in [2.75, 3.05) is 12.0 Å². The highest BCUT2D eigenvalue weighted by Crippen LogP contribution is 2.50. The number of hydrogen-bond acceptors (Lipinski definition) is 5. The van der Waals surface area contributed by atoms with Crippen LogP contribution in [0.15, 0.2) is 71.2 Å². The lowest BCUT2D eigenvalue weighted by atomic mass is 9.68. The van der Waals surface area contributed by atoms with Crippen LogP contribution in [0.2, 0.25) is 5.02 Å². The van der Waals surface area contributed by atoms with E-state index in [2.05, 4.69) is 19.9 Å². The fourth-order valence-electron chi connectivity index (χ4n) is 4.52. The number of allylic oxidation sites excluding steroid dienone is 3. The first-order valence-electron chi connectivity index (χ1n) is 10.1. The lowest BCUT2D eigenvalue weighted by Crippen LogP contribution is -2.42. The molecule has 1 aliphatic carbocycles. The van der Waals surface area contributed by atoms with Crippen molar-refractivity contribution >= 4 is 23.1 Å². The highest BCUT2D eigenvalue weighted by atomic mass is 35.5. The van der Waals surface area contributed by atoms with E-state index in [-0.39, 0.29) is 11.2 Å². The Bertz CT molecular complexity index is 1140. The summed E-state index contributed by atoms with van der Waals surface area (Å²) in [6, 6.07) is 17.0. The van der Waals surface area contributed by atoms with Gasteiger partial charge in [-0.3, -0.25) is 9.69 Å². The Morgan fingerprint density at radius 1 is 1.13 bits per heavy atom. The Morgan fingerprint density at radius 2 is 1.77 bits per heavy atom. The number of anilines is 1. The first-order valence-corrected chi connectivity index (χ1v) is 10.5. The Labute approximate surface area is 187 Å². The van der Waals surface area contributed by atoms with Crippen molar-refractivity contribution in [2.24, 2.45) is 11.1 Å². The average molecular weight is 434 g/mol. The maximum atomic E-state index is 13.4. The van der Waals surface area contributed by atoms with E-state index >= 15 is 0 Å². The molecule has 158 valence electrons. The van der Waals surface area contributed by atoms with E-state index in [0.29, 0.717) is 40.6 Å². The quantitative estimate of drug-likeness (QED) is 0.711. The summed E-state index contributed by atoms with van der Waals surface area (Å²) >= 11 is 6.09. The fraction of sp³-hybridized carbons (Fsp3) is 0.280. The van der Waals surface area contributed by atoms with Gasteiger partial charge in [0.15, 0.2) is 5.78 Å². The smallest absolute Gasteiger partial charge is 0.162 e. The number of methoxy groups -OCH3 is 1. The standard InChI is InChI=1S/C25H24ClN3O2/c1-25(2)12-20-23(21(30)13-25)22(15-4-10-18(31-3)11-5-15)19(14-27)24(28)29(20)17-8-6-16(26)7-9-17/h4-11,22H,12-13,28H2,1-3H3/t22-/m1/s1. The summed E-state index contributed by atoms with van der Waals surface area (Å²) in [6.07, 6.45) is 1.09. The summed E-state index contributed by atoms with van der Waals surface area (Å²) < 4.78 is 5.27. The number of Topliss-reactive ketones (excluding diaryl/α,β-unsaturated/α-hetero) is 1. The Kier molecular flexibility index (Phi) is 5.28. The van der Waals surface area contributed by atoms with E-state index in [9.17, 15) is 10.1 Å². The van der Waals surface area contributed by atoms with Gasteiger partial charge in [-0.25, -0.2) is 0 Å². The number of nitriles is 1. The predicted molar refractivity (Wildman–Crippen MR) is 122 cm³/mol. The molecule has 2 N–H and O–H groups in total. The number of halogens is 1. The molecule has 0 bridgehead atoms. The van der Waals surface area contributed by atoms with Crippen LogP contribution in [-0.2, 0) is 4.79 Å². The van der Waals surface area contributed by atoms with Crippen molar-refractivity contribution in [3.63, 3.8) is 0 Å². The molecule has 31 heavy (non-hydrogen) atoms. The second-order valence-corrected chi connectivity index (χ2v) is 9.17. The van der Waals surface area contributed by atoms with Crippen LogP contribution in [0.3, 0.4) is 0 Å². The number of ketones is 1. The van der Waals surface area contributed by atoms with E-state index in [0.717, 1.165) is 16.9 Å². The van der Waals surface area contributed by atoms with Crippen molar-refractivity contribution < 1.29 is 9.53 Å². The minimum atomic E-state index is -0.502. The second kappa shape index (κ2) is 7.79. The van der Waals surface area contributed by atoms with Gasteiger partial charge in [0.1, 0.15) is 11.6 Å². The maximum absolute atomic E-state index is 13.4. The Balaban J connectivity index is 1.96. The molecule has 1 atom stereocenters. The number of nitrogens with two attached hydrogens (primary N) is 1. The number of rotatable bonds is 3. The normalized spacial score (nSPS) is 20.4. The van der Waals surface area contributed by atoms with E-state index in [1.54, 1.807) is 19.2 Å². The van der Waals surface area contributed by atoms with E-state index in [1.165, 1.54) is 0 Å². The highest BCUT2D eigenvalue weighted by Gasteiger charge is 2.44. The van der Waals surface area contributed by atoms with Crippen molar-refractivity contribution in [2.45, 2.75) is 32.6 Å². The molecule has 0 unspecified atom stereocenters. The molecule has 1 aliphatic heterocycles. The van der Waals surface area contributed by atoms with Crippen molar-refractivity contribution in [3.8, 4) is 11.8 Å². The molecular weight excluding hydrogens is 410 g/mol. The van der Waals surface area contributed by atoms with Gasteiger partial charge in [0.2, 0.25) is 0 Å². The zero-order chi connectivity index (χ0) is 22.3. The van der Waals surface area contributed by atoms with Gasteiger partial charge in [0.25, 0.3) is 0 Å². The number of ether oxygens (including phenoxy) is 1. The highest BCUT2D eigenvalue weighted by molar-refractivity contribution is 6.30. The van der Waals surface area contributed by atoms with E-state index < -0.39 is 5.92 Å². The molecule has 2 aromatic rings. The molecule has 0 fully saturated rings. The average Bonchev–Trinajstić information content (AvgIpc) is 2.73. The molecule has 2 aromatic carbocycles. The fourth-order valence-corrected chi connectivity index (χ4v) is 4.65. The molecule has 0 radical (unpaired) electrons. The molecule has 6 heteroatoms. The zero-order valence-corrected chi connectivity index (χ0v) is 18.5. The van der Waals surface area contributed by atoms with Crippen LogP contribution < -0.4 is 15.4 Å². The summed E-state index contributed by atoms with van der Waals surface area (Å²) in [7, 11) is 1.60. The summed E-state index contributed by atoms with van der Waals surface area (Å²) in [5, 5.41) is 10.7. The van der Waals surface area contributed by atoms with Crippen LogP contribution in [-0.4, -0.2) is 12.9 Å². The largest absolute Gasteiger partial charge is 0.497 e. The summed E-state index contributed by atoms with van der Waals surface area (Å²) in [4.78, 5) is 15.3. The molecule has 4 rings (SSSR count). The van der Waals surface area contributed by atoms with Crippen LogP contribution in [0, 0.1) is 16.7 Å². The van der Waals surface area contributed by atoms with Crippen molar-refractivity contribution in [1.29, 1.82) is 5.26 Å². The number of hydrogen-bond donors (Lipinski definition) is 1. The first-order chi connectivity index (χ1) is 14.8. The van der Waals surface area contributed by atoms with Crippen molar-refractivity contribution in [3.05, 3.63) is 81.8 Å². The third-order valence-electron chi connectivity index (χ3n) is 5.91. The molecule has 0 amide bonds. The first kappa shape index (κ1) is 21.0. The van der Waals surface area contributed by atoms with Gasteiger partial charge < -0.3 is 10.5 Å². The van der Waals surface area contributed by atoms with Gasteiger partial charge >= 0.3 is 0 Å². The van der Waals surface area contributed by atoms with Crippen molar-refractivity contribution in [1.82, 2.24) is 0 Å². The molecule has 2 aliphatic rings. The van der Waals surface area contributed by atoms with Gasteiger partial charge in [-0.15, -0.1) is 0 Å². The number of carbonyl (C=O) groups excluding carboxylic acids is 1. The molecular formula is C25H24ClN3O2. The molecule has 0 saturated carbocycles. The third kappa shape index (κ3) is 3.68. The number of carbonyl (C=O) groups is 1. The molecule has 0 saturated heterocycles.